The molecular formula is C12H18F3NO4. The smallest absolute Gasteiger partial charge is 0.411 e. The van der Waals surface area contributed by atoms with E-state index in [1.807, 2.05) is 0 Å². The Hall–Kier alpha value is -1.31. The second-order valence-corrected chi connectivity index (χ2v) is 5.08. The fourth-order valence-corrected chi connectivity index (χ4v) is 2.45. The number of ether oxygens (including phenoxy) is 1. The lowest BCUT2D eigenvalue weighted by Crippen LogP contribution is -2.60. The molecule has 8 heteroatoms. The highest BCUT2D eigenvalue weighted by atomic mass is 19.4. The first-order valence-electron chi connectivity index (χ1n) is 6.36. The van der Waals surface area contributed by atoms with E-state index in [2.05, 4.69) is 10.1 Å². The first kappa shape index (κ1) is 16.7. The van der Waals surface area contributed by atoms with Crippen LogP contribution in [0.1, 0.15) is 32.6 Å². The number of carbonyl (C=O) groups is 2. The fraction of sp³-hybridized carbons (Fsp3) is 0.833. The topological polar surface area (TPSA) is 75.6 Å². The molecule has 1 aliphatic rings. The van der Waals surface area contributed by atoms with E-state index >= 15 is 0 Å². The van der Waals surface area contributed by atoms with Gasteiger partial charge in [-0.2, -0.15) is 13.2 Å². The number of carboxylic acids is 1. The zero-order chi connectivity index (χ0) is 15.4. The molecule has 0 aliphatic heterocycles. The van der Waals surface area contributed by atoms with E-state index in [0.29, 0.717) is 12.8 Å². The van der Waals surface area contributed by atoms with Gasteiger partial charge in [0.1, 0.15) is 18.8 Å². The van der Waals surface area contributed by atoms with Crippen LogP contribution in [0.5, 0.6) is 0 Å². The molecule has 2 atom stereocenters. The second kappa shape index (κ2) is 6.43. The average molecular weight is 297 g/mol. The zero-order valence-electron chi connectivity index (χ0n) is 11.1. The van der Waals surface area contributed by atoms with Gasteiger partial charge >= 0.3 is 12.1 Å². The first-order valence-corrected chi connectivity index (χ1v) is 6.36. The predicted molar refractivity (Wildman–Crippen MR) is 63.0 cm³/mol. The molecule has 2 N–H and O–H groups in total. The van der Waals surface area contributed by atoms with Crippen LogP contribution in [0.4, 0.5) is 13.2 Å². The van der Waals surface area contributed by atoms with Gasteiger partial charge in [-0.3, -0.25) is 4.79 Å². The summed E-state index contributed by atoms with van der Waals surface area (Å²) in [5, 5.41) is 11.7. The van der Waals surface area contributed by atoms with Gasteiger partial charge < -0.3 is 15.2 Å². The molecule has 0 radical (unpaired) electrons. The van der Waals surface area contributed by atoms with E-state index in [4.69, 9.17) is 0 Å². The van der Waals surface area contributed by atoms with Crippen LogP contribution in [-0.4, -0.2) is 41.9 Å². The minimum absolute atomic E-state index is 0.272. The summed E-state index contributed by atoms with van der Waals surface area (Å²) in [7, 11) is 0. The van der Waals surface area contributed by atoms with E-state index in [-0.39, 0.29) is 12.3 Å². The van der Waals surface area contributed by atoms with Crippen molar-refractivity contribution < 1.29 is 32.6 Å². The van der Waals surface area contributed by atoms with Gasteiger partial charge in [0.25, 0.3) is 0 Å². The van der Waals surface area contributed by atoms with E-state index in [9.17, 15) is 27.9 Å². The molecule has 2 unspecified atom stereocenters. The minimum Gasteiger partial charge on any atom is -0.479 e. The monoisotopic (exact) mass is 297 g/mol. The Bertz CT molecular complexity index is 372. The molecule has 0 bridgehead atoms. The molecule has 0 saturated heterocycles. The molecule has 1 rings (SSSR count). The number of hydrogen-bond donors (Lipinski definition) is 2. The molecule has 0 aromatic carbocycles. The Morgan fingerprint density at radius 2 is 2.05 bits per heavy atom. The number of aliphatic carboxylic acids is 1. The Morgan fingerprint density at radius 3 is 2.55 bits per heavy atom. The zero-order valence-corrected chi connectivity index (χ0v) is 11.1. The third-order valence-electron chi connectivity index (χ3n) is 3.54. The lowest BCUT2D eigenvalue weighted by atomic mass is 9.73. The van der Waals surface area contributed by atoms with Crippen molar-refractivity contribution in [3.05, 3.63) is 0 Å². The van der Waals surface area contributed by atoms with Crippen molar-refractivity contribution in [2.75, 3.05) is 13.2 Å². The van der Waals surface area contributed by atoms with Crippen molar-refractivity contribution in [3.8, 4) is 0 Å². The van der Waals surface area contributed by atoms with Crippen molar-refractivity contribution in [1.82, 2.24) is 5.32 Å². The number of amides is 1. The molecule has 1 aliphatic carbocycles. The third kappa shape index (κ3) is 4.36. The van der Waals surface area contributed by atoms with Crippen LogP contribution in [0.3, 0.4) is 0 Å². The molecule has 1 amide bonds. The molecule has 5 nitrogen and oxygen atoms in total. The SMILES string of the molecule is CC1CCCCC1(NC(=O)COCC(F)(F)F)C(=O)O. The first-order chi connectivity index (χ1) is 9.17. The van der Waals surface area contributed by atoms with Crippen LogP contribution in [0, 0.1) is 5.92 Å². The van der Waals surface area contributed by atoms with Crippen molar-refractivity contribution in [1.29, 1.82) is 0 Å². The van der Waals surface area contributed by atoms with Crippen LogP contribution >= 0.6 is 0 Å². The molecule has 20 heavy (non-hydrogen) atoms. The van der Waals surface area contributed by atoms with Crippen molar-refractivity contribution in [3.63, 3.8) is 0 Å². The number of nitrogens with one attached hydrogen (secondary N) is 1. The molecule has 0 aromatic rings. The Balaban J connectivity index is 2.58. The standard InChI is InChI=1S/C12H18F3NO4/c1-8-4-2-3-5-11(8,10(18)19)16-9(17)6-20-7-12(13,14)15/h8H,2-7H2,1H3,(H,16,17)(H,18,19). The summed E-state index contributed by atoms with van der Waals surface area (Å²) < 4.78 is 39.9. The number of halogens is 3. The maximum atomic E-state index is 11.9. The Labute approximate surface area is 114 Å². The summed E-state index contributed by atoms with van der Waals surface area (Å²) in [6.45, 7) is -0.624. The summed E-state index contributed by atoms with van der Waals surface area (Å²) in [6, 6.07) is 0. The van der Waals surface area contributed by atoms with Gasteiger partial charge in [0.15, 0.2) is 0 Å². The van der Waals surface area contributed by atoms with Gasteiger partial charge in [0.2, 0.25) is 5.91 Å². The van der Waals surface area contributed by atoms with Gasteiger partial charge in [-0.15, -0.1) is 0 Å². The summed E-state index contributed by atoms with van der Waals surface area (Å²) in [5.74, 6) is -2.28. The summed E-state index contributed by atoms with van der Waals surface area (Å²) in [5.41, 5.74) is -1.41. The predicted octanol–water partition coefficient (Wildman–Crippen LogP) is 1.71. The van der Waals surface area contributed by atoms with Gasteiger partial charge in [-0.05, 0) is 18.8 Å². The average Bonchev–Trinajstić information content (AvgIpc) is 2.30. The highest BCUT2D eigenvalue weighted by molar-refractivity contribution is 5.88. The van der Waals surface area contributed by atoms with Crippen LogP contribution in [0.15, 0.2) is 0 Å². The highest BCUT2D eigenvalue weighted by Crippen LogP contribution is 2.33. The van der Waals surface area contributed by atoms with Gasteiger partial charge in [0, 0.05) is 0 Å². The molecule has 0 aromatic heterocycles. The van der Waals surface area contributed by atoms with E-state index in [1.165, 1.54) is 0 Å². The molecule has 0 spiro atoms. The lowest BCUT2D eigenvalue weighted by molar-refractivity contribution is -0.177. The largest absolute Gasteiger partial charge is 0.479 e. The van der Waals surface area contributed by atoms with Crippen molar-refractivity contribution >= 4 is 11.9 Å². The normalized spacial score (nSPS) is 27.1. The van der Waals surface area contributed by atoms with Crippen molar-refractivity contribution in [2.45, 2.75) is 44.3 Å². The summed E-state index contributed by atoms with van der Waals surface area (Å²) in [6.07, 6.45) is -2.07. The minimum atomic E-state index is -4.51. The Morgan fingerprint density at radius 1 is 1.40 bits per heavy atom. The molecule has 0 heterocycles. The van der Waals surface area contributed by atoms with Crippen LogP contribution < -0.4 is 5.32 Å². The number of alkyl halides is 3. The number of hydrogen-bond acceptors (Lipinski definition) is 3. The molecule has 1 saturated carbocycles. The number of carbonyl (C=O) groups excluding carboxylic acids is 1. The maximum absolute atomic E-state index is 11.9. The van der Waals surface area contributed by atoms with Crippen LogP contribution in [0.25, 0.3) is 0 Å². The highest BCUT2D eigenvalue weighted by Gasteiger charge is 2.46. The number of rotatable bonds is 5. The maximum Gasteiger partial charge on any atom is 0.411 e. The van der Waals surface area contributed by atoms with E-state index in [0.717, 1.165) is 6.42 Å². The lowest BCUT2D eigenvalue weighted by Gasteiger charge is -2.39. The van der Waals surface area contributed by atoms with Crippen LogP contribution in [-0.2, 0) is 14.3 Å². The van der Waals surface area contributed by atoms with E-state index < -0.39 is 36.8 Å². The molecular weight excluding hydrogens is 279 g/mol. The van der Waals surface area contributed by atoms with E-state index in [1.54, 1.807) is 6.92 Å². The summed E-state index contributed by atoms with van der Waals surface area (Å²) in [4.78, 5) is 23.0. The molecule has 116 valence electrons. The number of carboxylic acid groups (broad SMARTS) is 1. The van der Waals surface area contributed by atoms with Gasteiger partial charge in [-0.1, -0.05) is 19.8 Å². The van der Waals surface area contributed by atoms with Crippen LogP contribution in [0.2, 0.25) is 0 Å². The summed E-state index contributed by atoms with van der Waals surface area (Å²) >= 11 is 0. The Kier molecular flexibility index (Phi) is 5.38. The molecule has 1 fully saturated rings. The van der Waals surface area contributed by atoms with Gasteiger partial charge in [0.05, 0.1) is 0 Å². The van der Waals surface area contributed by atoms with Crippen molar-refractivity contribution in [2.24, 2.45) is 5.92 Å². The second-order valence-electron chi connectivity index (χ2n) is 5.08. The van der Waals surface area contributed by atoms with Gasteiger partial charge in [-0.25, -0.2) is 4.79 Å². The quantitative estimate of drug-likeness (QED) is 0.810. The third-order valence-corrected chi connectivity index (χ3v) is 3.54. The fourth-order valence-electron chi connectivity index (χ4n) is 2.45.